The van der Waals surface area contributed by atoms with E-state index in [4.69, 9.17) is 9.72 Å². The van der Waals surface area contributed by atoms with Gasteiger partial charge in [-0.15, -0.1) is 0 Å². The second kappa shape index (κ2) is 13.6. The summed E-state index contributed by atoms with van der Waals surface area (Å²) in [5.74, 6) is -0.909. The molecular weight excluding hydrogens is 643 g/mol. The van der Waals surface area contributed by atoms with Crippen LogP contribution in [0.4, 0.5) is 5.95 Å². The Hall–Kier alpha value is -4.88. The monoisotopic (exact) mass is 683 g/mol. The van der Waals surface area contributed by atoms with Crippen LogP contribution in [-0.2, 0) is 16.6 Å². The molecular formula is C36H41N7O5S. The van der Waals surface area contributed by atoms with Gasteiger partial charge < -0.3 is 15.2 Å². The third-order valence-corrected chi connectivity index (χ3v) is 10.2. The fraction of sp³-hybridized carbons (Fsp3) is 0.361. The molecule has 1 aliphatic carbocycles. The van der Waals surface area contributed by atoms with E-state index in [-0.39, 0.29) is 40.4 Å². The summed E-state index contributed by atoms with van der Waals surface area (Å²) in [4.78, 5) is 25.1. The van der Waals surface area contributed by atoms with Crippen molar-refractivity contribution in [2.24, 2.45) is 5.41 Å². The third-order valence-electron chi connectivity index (χ3n) is 8.90. The summed E-state index contributed by atoms with van der Waals surface area (Å²) >= 11 is 0. The van der Waals surface area contributed by atoms with E-state index in [1.165, 1.54) is 18.2 Å². The molecule has 0 spiro atoms. The van der Waals surface area contributed by atoms with E-state index >= 15 is 0 Å². The van der Waals surface area contributed by atoms with Crippen LogP contribution in [0.25, 0.3) is 16.9 Å². The molecule has 0 bridgehead atoms. The number of nitrogens with zero attached hydrogens (tertiary/aromatic N) is 5. The number of carbonyl (C=O) groups is 1. The predicted molar refractivity (Wildman–Crippen MR) is 186 cm³/mol. The molecule has 0 amide bonds. The minimum absolute atomic E-state index is 0.0424. The van der Waals surface area contributed by atoms with E-state index in [9.17, 15) is 18.3 Å². The first kappa shape index (κ1) is 34.0. The van der Waals surface area contributed by atoms with Crippen LogP contribution < -0.4 is 14.8 Å². The molecule has 12 nitrogen and oxygen atoms in total. The van der Waals surface area contributed by atoms with E-state index in [0.717, 1.165) is 59.1 Å². The average molecular weight is 684 g/mol. The fourth-order valence-electron chi connectivity index (χ4n) is 5.82. The normalized spacial score (nSPS) is 14.6. The summed E-state index contributed by atoms with van der Waals surface area (Å²) in [6.45, 7) is 11.2. The van der Waals surface area contributed by atoms with E-state index in [1.807, 2.05) is 50.4 Å². The lowest BCUT2D eigenvalue weighted by Gasteiger charge is -2.22. The number of aryl methyl sites for hydroxylation is 2. The van der Waals surface area contributed by atoms with E-state index in [2.05, 4.69) is 45.9 Å². The van der Waals surface area contributed by atoms with Crippen LogP contribution in [0.3, 0.4) is 0 Å². The van der Waals surface area contributed by atoms with E-state index in [0.29, 0.717) is 18.2 Å². The molecule has 1 atom stereocenters. The van der Waals surface area contributed by atoms with Gasteiger partial charge in [0.05, 0.1) is 27.5 Å². The number of rotatable bonds is 14. The molecule has 1 fully saturated rings. The highest BCUT2D eigenvalue weighted by atomic mass is 32.2. The minimum Gasteiger partial charge on any atom is -0.478 e. The summed E-state index contributed by atoms with van der Waals surface area (Å²) in [5, 5.41) is 17.6. The van der Waals surface area contributed by atoms with Crippen molar-refractivity contribution >= 4 is 27.6 Å². The van der Waals surface area contributed by atoms with Crippen molar-refractivity contribution in [2.75, 3.05) is 11.3 Å². The Kier molecular flexibility index (Phi) is 9.41. The number of carboxylic acids is 1. The second-order valence-corrected chi connectivity index (χ2v) is 15.2. The van der Waals surface area contributed by atoms with Crippen molar-refractivity contribution in [1.82, 2.24) is 29.9 Å². The summed E-state index contributed by atoms with van der Waals surface area (Å²) in [6, 6.07) is 16.6. The topological polar surface area (TPSA) is 161 Å². The number of aromatic nitrogens is 5. The molecule has 1 aliphatic rings. The first-order valence-corrected chi connectivity index (χ1v) is 17.8. The van der Waals surface area contributed by atoms with Gasteiger partial charge in [0.1, 0.15) is 6.61 Å². The average Bonchev–Trinajstić information content (AvgIpc) is 3.61. The standard InChI is InChI=1S/C36H41N7O5S/c1-22(2)29-17-31-38-26(12-15-43(31)41-29)20-37-27(19-36(5)13-14-36)21-48-32-18-30(33-23(3)8-6-9-24(33)4)39-35(40-32)42-49(46,47)28-11-7-10-25(16-28)34(44)45/h6-12,15-18,22,27,37H,13-14,19-21H2,1-5H3,(H,44,45)(H,39,40,42). The highest BCUT2D eigenvalue weighted by Gasteiger charge is 2.39. The Morgan fingerprint density at radius 3 is 2.45 bits per heavy atom. The van der Waals surface area contributed by atoms with Gasteiger partial charge in [0.15, 0.2) is 5.65 Å². The quantitative estimate of drug-likeness (QED) is 0.124. The van der Waals surface area contributed by atoms with Gasteiger partial charge >= 0.3 is 5.97 Å². The highest BCUT2D eigenvalue weighted by molar-refractivity contribution is 7.92. The van der Waals surface area contributed by atoms with Gasteiger partial charge in [-0.1, -0.05) is 45.0 Å². The number of ether oxygens (including phenoxy) is 1. The molecule has 0 saturated heterocycles. The Bertz CT molecular complexity index is 2110. The Morgan fingerprint density at radius 1 is 1.02 bits per heavy atom. The Labute approximate surface area is 286 Å². The number of hydrogen-bond donors (Lipinski definition) is 3. The van der Waals surface area contributed by atoms with Gasteiger partial charge in [-0.3, -0.25) is 0 Å². The SMILES string of the molecule is Cc1cccc(C)c1-c1cc(OCC(CC2(C)CC2)NCc2ccn3nc(C(C)C)cc3n2)nc(NS(=O)(=O)c2cccc(C(=O)O)c2)n1. The van der Waals surface area contributed by atoms with Crippen LogP contribution in [0, 0.1) is 19.3 Å². The molecule has 3 N–H and O–H groups in total. The lowest BCUT2D eigenvalue weighted by atomic mass is 9.99. The third kappa shape index (κ3) is 8.06. The van der Waals surface area contributed by atoms with Crippen LogP contribution in [0.15, 0.2) is 71.8 Å². The first-order valence-electron chi connectivity index (χ1n) is 16.3. The maximum Gasteiger partial charge on any atom is 0.335 e. The van der Waals surface area contributed by atoms with Crippen molar-refractivity contribution < 1.29 is 23.1 Å². The number of carboxylic acid groups (broad SMARTS) is 1. The molecule has 3 heterocycles. The smallest absolute Gasteiger partial charge is 0.335 e. The molecule has 3 aromatic heterocycles. The molecule has 256 valence electrons. The number of aromatic carboxylic acids is 1. The van der Waals surface area contributed by atoms with E-state index < -0.39 is 16.0 Å². The number of hydrogen-bond acceptors (Lipinski definition) is 9. The summed E-state index contributed by atoms with van der Waals surface area (Å²) in [6.07, 6.45) is 5.09. The van der Waals surface area contributed by atoms with Crippen molar-refractivity contribution in [3.8, 4) is 17.1 Å². The van der Waals surface area contributed by atoms with Crippen LogP contribution in [0.5, 0.6) is 5.88 Å². The van der Waals surface area contributed by atoms with Crippen LogP contribution in [-0.4, -0.2) is 56.7 Å². The number of benzene rings is 2. The number of anilines is 1. The number of fused-ring (bicyclic) bond motifs is 1. The predicted octanol–water partition coefficient (Wildman–Crippen LogP) is 6.15. The van der Waals surface area contributed by atoms with Gasteiger partial charge in [-0.25, -0.2) is 32.4 Å². The lowest BCUT2D eigenvalue weighted by Crippen LogP contribution is -2.36. The first-order chi connectivity index (χ1) is 23.3. The Morgan fingerprint density at radius 2 is 1.76 bits per heavy atom. The largest absolute Gasteiger partial charge is 0.478 e. The lowest BCUT2D eigenvalue weighted by molar-refractivity contribution is 0.0696. The molecule has 2 aromatic carbocycles. The molecule has 13 heteroatoms. The second-order valence-electron chi connectivity index (χ2n) is 13.5. The molecule has 5 aromatic rings. The summed E-state index contributed by atoms with van der Waals surface area (Å²) < 4.78 is 37.3. The zero-order valence-electron chi connectivity index (χ0n) is 28.3. The summed E-state index contributed by atoms with van der Waals surface area (Å²) in [5.41, 5.74) is 5.99. The maximum absolute atomic E-state index is 13.4. The van der Waals surface area contributed by atoms with Crippen molar-refractivity contribution in [3.63, 3.8) is 0 Å². The molecule has 0 radical (unpaired) electrons. The van der Waals surface area contributed by atoms with E-state index in [1.54, 1.807) is 10.6 Å². The van der Waals surface area contributed by atoms with Gasteiger partial charge in [-0.05, 0) is 79.8 Å². The summed E-state index contributed by atoms with van der Waals surface area (Å²) in [7, 11) is -4.23. The van der Waals surface area contributed by atoms with Gasteiger partial charge in [-0.2, -0.15) is 10.1 Å². The van der Waals surface area contributed by atoms with Crippen molar-refractivity contribution in [2.45, 2.75) is 77.3 Å². The maximum atomic E-state index is 13.4. The van der Waals surface area contributed by atoms with Gasteiger partial charge in [0, 0.05) is 36.5 Å². The van der Waals surface area contributed by atoms with Gasteiger partial charge in [0.25, 0.3) is 10.0 Å². The fourth-order valence-corrected chi connectivity index (χ4v) is 6.81. The number of nitrogens with one attached hydrogen (secondary N) is 2. The minimum atomic E-state index is -4.23. The molecule has 49 heavy (non-hydrogen) atoms. The molecule has 1 unspecified atom stereocenters. The van der Waals surface area contributed by atoms with Crippen LogP contribution >= 0.6 is 0 Å². The molecule has 0 aliphatic heterocycles. The van der Waals surface area contributed by atoms with Crippen molar-refractivity contribution in [3.05, 3.63) is 94.9 Å². The zero-order chi connectivity index (χ0) is 34.9. The van der Waals surface area contributed by atoms with Crippen LogP contribution in [0.2, 0.25) is 0 Å². The molecule has 6 rings (SSSR count). The van der Waals surface area contributed by atoms with Gasteiger partial charge in [0.2, 0.25) is 11.8 Å². The Balaban J connectivity index is 1.26. The highest BCUT2D eigenvalue weighted by Crippen LogP contribution is 2.49. The number of sulfonamides is 1. The van der Waals surface area contributed by atoms with Crippen molar-refractivity contribution in [1.29, 1.82) is 0 Å². The van der Waals surface area contributed by atoms with Crippen LogP contribution in [0.1, 0.15) is 78.8 Å². The molecule has 1 saturated carbocycles. The zero-order valence-corrected chi connectivity index (χ0v) is 29.1.